The van der Waals surface area contributed by atoms with Gasteiger partial charge in [0.05, 0.1) is 0 Å². The van der Waals surface area contributed by atoms with E-state index in [0.29, 0.717) is 0 Å². The van der Waals surface area contributed by atoms with Gasteiger partial charge in [-0.2, -0.15) is 0 Å². The smallest absolute Gasteiger partial charge is 0.0150 e. The molecule has 6 unspecified atom stereocenters. The quantitative estimate of drug-likeness (QED) is 0.142. The van der Waals surface area contributed by atoms with Gasteiger partial charge < -0.3 is 0 Å². The van der Waals surface area contributed by atoms with E-state index in [1.807, 2.05) is 0 Å². The molecule has 0 N–H and O–H groups in total. The molecule has 0 radical (unpaired) electrons. The lowest BCUT2D eigenvalue weighted by atomic mass is 9.87. The number of hydrogen-bond acceptors (Lipinski definition) is 0. The number of hydrogen-bond donors (Lipinski definition) is 0. The summed E-state index contributed by atoms with van der Waals surface area (Å²) in [4.78, 5) is 0. The van der Waals surface area contributed by atoms with Gasteiger partial charge in [-0.1, -0.05) is 182 Å². The third kappa shape index (κ3) is 18.2. The Bertz CT molecular complexity index is 4960. The Morgan fingerprint density at radius 2 is 0.477 bits per heavy atom. The third-order valence-corrected chi connectivity index (χ3v) is 28.6. The monoisotopic (exact) mass is 1470 g/mol. The summed E-state index contributed by atoms with van der Waals surface area (Å²) in [5, 5.41) is 8.08. The summed E-state index contributed by atoms with van der Waals surface area (Å²) in [5.74, 6) is 5.50. The molecule has 3 saturated carbocycles. The summed E-state index contributed by atoms with van der Waals surface area (Å²) in [6.45, 7) is 39.9. The molecule has 576 valence electrons. The van der Waals surface area contributed by atoms with Crippen LogP contribution in [0.1, 0.15) is 299 Å². The number of rotatable bonds is 0. The normalized spacial score (nSPS) is 18.9. The average Bonchev–Trinajstić information content (AvgIpc) is 1.61. The molecule has 0 heteroatoms. The fourth-order valence-corrected chi connectivity index (χ4v) is 20.5. The molecule has 0 nitrogen and oxygen atoms in total. The Labute approximate surface area is 671 Å². The zero-order valence-corrected chi connectivity index (χ0v) is 71.6. The van der Waals surface area contributed by atoms with Crippen molar-refractivity contribution in [2.24, 2.45) is 0 Å². The molecule has 9 aliphatic carbocycles. The molecule has 0 aliphatic heterocycles. The predicted octanol–water partition coefficient (Wildman–Crippen LogP) is 30.9. The van der Waals surface area contributed by atoms with Crippen LogP contribution in [0.4, 0.5) is 0 Å². The van der Waals surface area contributed by atoms with Gasteiger partial charge in [0.2, 0.25) is 0 Å². The van der Waals surface area contributed by atoms with Crippen LogP contribution in [0.3, 0.4) is 0 Å². The maximum absolute atomic E-state index is 2.44. The molecule has 111 heavy (non-hydrogen) atoms. The lowest BCUT2D eigenvalue weighted by Gasteiger charge is -2.19. The van der Waals surface area contributed by atoms with E-state index in [2.05, 4.69) is 307 Å². The number of benzene rings is 12. The summed E-state index contributed by atoms with van der Waals surface area (Å²) < 4.78 is 0. The summed E-state index contributed by atoms with van der Waals surface area (Å²) >= 11 is 0. The zero-order chi connectivity index (χ0) is 78.3. The van der Waals surface area contributed by atoms with Crippen LogP contribution < -0.4 is 0 Å². The van der Waals surface area contributed by atoms with Gasteiger partial charge in [0.15, 0.2) is 0 Å². The minimum Gasteiger partial charge on any atom is -0.0616 e. The van der Waals surface area contributed by atoms with Crippen molar-refractivity contribution in [3.8, 4) is 0 Å². The van der Waals surface area contributed by atoms with Crippen LogP contribution in [-0.2, 0) is 38.5 Å². The van der Waals surface area contributed by atoms with E-state index >= 15 is 0 Å². The number of fused-ring (bicyclic) bond motifs is 21. The molecule has 0 spiro atoms. The fraction of sp³-hybridized carbons (Fsp3) is 0.405. The molecule has 6 bridgehead atoms. The van der Waals surface area contributed by atoms with E-state index < -0.39 is 0 Å². The van der Waals surface area contributed by atoms with Gasteiger partial charge in [0.25, 0.3) is 0 Å². The van der Waals surface area contributed by atoms with Crippen LogP contribution >= 0.6 is 0 Å². The van der Waals surface area contributed by atoms with Gasteiger partial charge in [0.1, 0.15) is 0 Å². The lowest BCUT2D eigenvalue weighted by Crippen LogP contribution is -2.05. The first-order valence-corrected chi connectivity index (χ1v) is 43.4. The molecular formula is C111H132. The molecule has 0 saturated heterocycles. The van der Waals surface area contributed by atoms with Gasteiger partial charge in [-0.15, -0.1) is 0 Å². The molecule has 12 aromatic carbocycles. The minimum absolute atomic E-state index is 0.916. The lowest BCUT2D eigenvalue weighted by molar-refractivity contribution is 0.681. The molecule has 21 rings (SSSR count). The standard InChI is InChI=1S/3C13H16.C12H16.C12H12.2C12H16.2C12H12/c2*1-8-3-6-12-10-4-5-11(7-10)13(12)9(8)2;1-8-5-12-10-3-4-11(7-10)13(12)6-9(8)2;2*1-9-7-11-5-3-4-6-12(11)8-10(9)2;4*1-9-7-8-11-5-3-4-6-12(11)10(9)2/h2*3,6,10-11H,4-5,7H2,1-2H3;5-6,10-11H,3-4,7H2,1-2H3;7-8H,3-6H2,1-2H3;3-8H,1-2H3;2*7-8H,3-6H2,1-2H3;2*3-8H,1-2H3. The predicted molar refractivity (Wildman–Crippen MR) is 484 cm³/mol. The van der Waals surface area contributed by atoms with Crippen molar-refractivity contribution in [1.29, 1.82) is 0 Å². The van der Waals surface area contributed by atoms with E-state index in [9.17, 15) is 0 Å². The molecule has 0 heterocycles. The highest BCUT2D eigenvalue weighted by molar-refractivity contribution is 5.87. The van der Waals surface area contributed by atoms with E-state index in [4.69, 9.17) is 0 Å². The Morgan fingerprint density at radius 3 is 0.874 bits per heavy atom. The van der Waals surface area contributed by atoms with Crippen molar-refractivity contribution in [1.82, 2.24) is 0 Å². The van der Waals surface area contributed by atoms with Crippen LogP contribution in [0.5, 0.6) is 0 Å². The van der Waals surface area contributed by atoms with E-state index in [1.54, 1.807) is 77.9 Å². The van der Waals surface area contributed by atoms with Crippen molar-refractivity contribution >= 4 is 32.3 Å². The zero-order valence-electron chi connectivity index (χ0n) is 71.6. The highest BCUT2D eigenvalue weighted by Gasteiger charge is 2.40. The maximum Gasteiger partial charge on any atom is -0.0150 e. The van der Waals surface area contributed by atoms with E-state index in [1.165, 1.54) is 256 Å². The maximum atomic E-state index is 2.44. The summed E-state index contributed by atoms with van der Waals surface area (Å²) in [7, 11) is 0. The molecular weight excluding hydrogens is 1330 g/mol. The van der Waals surface area contributed by atoms with Crippen LogP contribution in [-0.4, -0.2) is 0 Å². The van der Waals surface area contributed by atoms with E-state index in [0.717, 1.165) is 35.5 Å². The Balaban J connectivity index is 0.000000110. The highest BCUT2D eigenvalue weighted by atomic mass is 14.4. The molecule has 6 atom stereocenters. The second-order valence-corrected chi connectivity index (χ2v) is 35.6. The van der Waals surface area contributed by atoms with Crippen molar-refractivity contribution in [3.05, 3.63) is 349 Å². The van der Waals surface area contributed by atoms with Crippen molar-refractivity contribution in [3.63, 3.8) is 0 Å². The topological polar surface area (TPSA) is 0 Å². The van der Waals surface area contributed by atoms with Crippen molar-refractivity contribution in [2.45, 2.75) is 295 Å². The molecule has 9 aliphatic rings. The van der Waals surface area contributed by atoms with Gasteiger partial charge in [-0.05, 0) is 494 Å². The van der Waals surface area contributed by atoms with Crippen molar-refractivity contribution in [2.75, 3.05) is 0 Å². The first-order valence-electron chi connectivity index (χ1n) is 43.4. The van der Waals surface area contributed by atoms with Gasteiger partial charge >= 0.3 is 0 Å². The van der Waals surface area contributed by atoms with Crippen LogP contribution in [0, 0.1) is 125 Å². The largest absolute Gasteiger partial charge is 0.0616 e. The van der Waals surface area contributed by atoms with Crippen LogP contribution in [0.2, 0.25) is 0 Å². The second kappa shape index (κ2) is 36.1. The Kier molecular flexibility index (Phi) is 26.1. The first kappa shape index (κ1) is 80.5. The van der Waals surface area contributed by atoms with Crippen LogP contribution in [0.25, 0.3) is 32.3 Å². The average molecular weight is 1470 g/mol. The Hall–Kier alpha value is -8.58. The molecule has 0 aromatic heterocycles. The Morgan fingerprint density at radius 1 is 0.198 bits per heavy atom. The molecule has 0 amide bonds. The van der Waals surface area contributed by atoms with Crippen molar-refractivity contribution < 1.29 is 0 Å². The molecule has 3 fully saturated rings. The minimum atomic E-state index is 0.916. The van der Waals surface area contributed by atoms with E-state index in [-0.39, 0.29) is 0 Å². The summed E-state index contributed by atoms with van der Waals surface area (Å²) in [6.07, 6.45) is 29.1. The summed E-state index contributed by atoms with van der Waals surface area (Å²) in [6, 6.07) is 66.8. The number of aryl methyl sites for hydroxylation is 18. The fourth-order valence-electron chi connectivity index (χ4n) is 20.5. The highest BCUT2D eigenvalue weighted by Crippen LogP contribution is 2.56. The molecule has 12 aromatic rings. The third-order valence-electron chi connectivity index (χ3n) is 28.6. The second-order valence-electron chi connectivity index (χ2n) is 35.6. The first-order chi connectivity index (χ1) is 53.5. The van der Waals surface area contributed by atoms with Crippen LogP contribution in [0.15, 0.2) is 182 Å². The van der Waals surface area contributed by atoms with Gasteiger partial charge in [-0.3, -0.25) is 0 Å². The summed E-state index contributed by atoms with van der Waals surface area (Å²) in [5.41, 5.74) is 46.1. The van der Waals surface area contributed by atoms with Gasteiger partial charge in [0, 0.05) is 0 Å². The SMILES string of the molecule is Cc1cc2c(cc1C)C1CCC2C1.Cc1cc2c(cc1C)CCCC2.Cc1cc2ccccc2cc1C.Cc1ccc2c(c1C)C1CCC2C1.Cc1ccc2c(c1C)C1CCC2C1.Cc1ccc2c(c1C)CCCC2.Cc1ccc2c(c1C)CCCC2.Cc1ccc2ccccc2c1C.Cc1ccc2ccccc2c1C. The van der Waals surface area contributed by atoms with Gasteiger partial charge in [-0.25, -0.2) is 0 Å².